The highest BCUT2D eigenvalue weighted by molar-refractivity contribution is 7.19. The fourth-order valence-corrected chi connectivity index (χ4v) is 3.23. The Hall–Kier alpha value is -1.71. The second kappa shape index (κ2) is 5.11. The van der Waals surface area contributed by atoms with Crippen LogP contribution in [0, 0.1) is 5.82 Å². The van der Waals surface area contributed by atoms with E-state index in [1.807, 2.05) is 12.1 Å². The van der Waals surface area contributed by atoms with E-state index < -0.39 is 0 Å². The SMILES string of the molecule is NC(Cc1ccc(F)cc1)c1cc2ccccc2s1. The minimum atomic E-state index is -0.209. The lowest BCUT2D eigenvalue weighted by Gasteiger charge is -2.09. The molecule has 2 N–H and O–H groups in total. The predicted octanol–water partition coefficient (Wildman–Crippen LogP) is 4.28. The molecule has 3 rings (SSSR count). The molecule has 0 aliphatic heterocycles. The van der Waals surface area contributed by atoms with Gasteiger partial charge in [0.1, 0.15) is 5.82 Å². The van der Waals surface area contributed by atoms with E-state index >= 15 is 0 Å². The Morgan fingerprint density at radius 2 is 1.79 bits per heavy atom. The molecule has 3 aromatic rings. The molecule has 1 heterocycles. The molecule has 1 nitrogen and oxygen atoms in total. The average molecular weight is 271 g/mol. The standard InChI is InChI=1S/C16H14FNS/c17-13-7-5-11(6-8-13)9-14(18)16-10-12-3-1-2-4-15(12)19-16/h1-8,10,14H,9,18H2. The van der Waals surface area contributed by atoms with Gasteiger partial charge >= 0.3 is 0 Å². The van der Waals surface area contributed by atoms with Crippen molar-refractivity contribution in [1.29, 1.82) is 0 Å². The molecule has 0 radical (unpaired) electrons. The fourth-order valence-electron chi connectivity index (χ4n) is 2.16. The van der Waals surface area contributed by atoms with Crippen molar-refractivity contribution in [1.82, 2.24) is 0 Å². The summed E-state index contributed by atoms with van der Waals surface area (Å²) < 4.78 is 14.1. The van der Waals surface area contributed by atoms with Crippen molar-refractivity contribution in [2.24, 2.45) is 5.73 Å². The van der Waals surface area contributed by atoms with Gasteiger partial charge in [-0.05, 0) is 41.6 Å². The topological polar surface area (TPSA) is 26.0 Å². The van der Waals surface area contributed by atoms with E-state index in [0.717, 1.165) is 12.0 Å². The second-order valence-electron chi connectivity index (χ2n) is 4.62. The molecule has 3 heteroatoms. The molecule has 0 spiro atoms. The first-order valence-corrected chi connectivity index (χ1v) is 7.02. The van der Waals surface area contributed by atoms with Gasteiger partial charge in [-0.3, -0.25) is 0 Å². The molecule has 0 aliphatic carbocycles. The summed E-state index contributed by atoms with van der Waals surface area (Å²) in [6, 6.07) is 16.9. The summed E-state index contributed by atoms with van der Waals surface area (Å²) in [6.45, 7) is 0. The monoisotopic (exact) mass is 271 g/mol. The van der Waals surface area contributed by atoms with E-state index in [-0.39, 0.29) is 11.9 Å². The number of nitrogens with two attached hydrogens (primary N) is 1. The van der Waals surface area contributed by atoms with Crippen LogP contribution in [0.15, 0.2) is 54.6 Å². The van der Waals surface area contributed by atoms with Gasteiger partial charge in [0, 0.05) is 15.6 Å². The summed E-state index contributed by atoms with van der Waals surface area (Å²) >= 11 is 1.73. The summed E-state index contributed by atoms with van der Waals surface area (Å²) in [6.07, 6.45) is 0.729. The number of hydrogen-bond donors (Lipinski definition) is 1. The van der Waals surface area contributed by atoms with Crippen LogP contribution in [0.2, 0.25) is 0 Å². The molecule has 1 atom stereocenters. The molecule has 1 aromatic heterocycles. The molecular formula is C16H14FNS. The zero-order valence-electron chi connectivity index (χ0n) is 10.3. The maximum Gasteiger partial charge on any atom is 0.123 e. The Kier molecular flexibility index (Phi) is 3.32. The molecule has 1 unspecified atom stereocenters. The Balaban J connectivity index is 1.83. The summed E-state index contributed by atoms with van der Waals surface area (Å²) in [5.41, 5.74) is 7.31. The van der Waals surface area contributed by atoms with Gasteiger partial charge < -0.3 is 5.73 Å². The maximum atomic E-state index is 12.9. The van der Waals surface area contributed by atoms with Gasteiger partial charge in [0.25, 0.3) is 0 Å². The number of benzene rings is 2. The number of fused-ring (bicyclic) bond motifs is 1. The van der Waals surface area contributed by atoms with Crippen molar-refractivity contribution in [3.8, 4) is 0 Å². The van der Waals surface area contributed by atoms with Crippen molar-refractivity contribution in [2.75, 3.05) is 0 Å². The first kappa shape index (κ1) is 12.3. The molecule has 0 amide bonds. The van der Waals surface area contributed by atoms with E-state index in [0.29, 0.717) is 0 Å². The Morgan fingerprint density at radius 1 is 1.05 bits per heavy atom. The minimum absolute atomic E-state index is 0.0390. The summed E-state index contributed by atoms with van der Waals surface area (Å²) in [5, 5.41) is 1.23. The van der Waals surface area contributed by atoms with Crippen LogP contribution in [-0.2, 0) is 6.42 Å². The zero-order valence-corrected chi connectivity index (χ0v) is 11.2. The van der Waals surface area contributed by atoms with Gasteiger partial charge in [-0.2, -0.15) is 0 Å². The van der Waals surface area contributed by atoms with Crippen LogP contribution in [0.25, 0.3) is 10.1 Å². The molecule has 0 aliphatic rings. The first-order valence-electron chi connectivity index (χ1n) is 6.21. The van der Waals surface area contributed by atoms with Gasteiger partial charge in [0.05, 0.1) is 0 Å². The van der Waals surface area contributed by atoms with Crippen LogP contribution in [0.1, 0.15) is 16.5 Å². The highest BCUT2D eigenvalue weighted by atomic mass is 32.1. The largest absolute Gasteiger partial charge is 0.323 e. The van der Waals surface area contributed by atoms with Crippen LogP contribution in [0.4, 0.5) is 4.39 Å². The van der Waals surface area contributed by atoms with Crippen molar-refractivity contribution in [2.45, 2.75) is 12.5 Å². The average Bonchev–Trinajstić information content (AvgIpc) is 2.85. The highest BCUT2D eigenvalue weighted by Crippen LogP contribution is 2.30. The lowest BCUT2D eigenvalue weighted by molar-refractivity contribution is 0.626. The van der Waals surface area contributed by atoms with Gasteiger partial charge in [0.15, 0.2) is 0 Å². The first-order chi connectivity index (χ1) is 9.22. The van der Waals surface area contributed by atoms with E-state index in [2.05, 4.69) is 18.2 Å². The van der Waals surface area contributed by atoms with Crippen LogP contribution in [0.5, 0.6) is 0 Å². The summed E-state index contributed by atoms with van der Waals surface area (Å²) in [7, 11) is 0. The maximum absolute atomic E-state index is 12.9. The lowest BCUT2D eigenvalue weighted by atomic mass is 10.1. The summed E-state index contributed by atoms with van der Waals surface area (Å²) in [5.74, 6) is -0.209. The zero-order chi connectivity index (χ0) is 13.2. The Bertz CT molecular complexity index is 654. The fraction of sp³-hybridized carbons (Fsp3) is 0.125. The normalized spacial score (nSPS) is 12.7. The van der Waals surface area contributed by atoms with E-state index in [9.17, 15) is 4.39 Å². The molecule has 2 aromatic carbocycles. The molecule has 0 saturated heterocycles. The van der Waals surface area contributed by atoms with E-state index in [4.69, 9.17) is 5.73 Å². The quantitative estimate of drug-likeness (QED) is 0.756. The highest BCUT2D eigenvalue weighted by Gasteiger charge is 2.10. The molecule has 96 valence electrons. The van der Waals surface area contributed by atoms with Crippen LogP contribution in [0.3, 0.4) is 0 Å². The van der Waals surface area contributed by atoms with Gasteiger partial charge in [-0.1, -0.05) is 30.3 Å². The van der Waals surface area contributed by atoms with Gasteiger partial charge in [-0.15, -0.1) is 11.3 Å². The number of hydrogen-bond acceptors (Lipinski definition) is 2. The van der Waals surface area contributed by atoms with Crippen molar-refractivity contribution in [3.05, 3.63) is 70.9 Å². The molecule has 0 bridgehead atoms. The third-order valence-corrected chi connectivity index (χ3v) is 4.43. The second-order valence-corrected chi connectivity index (χ2v) is 5.74. The van der Waals surface area contributed by atoms with Crippen LogP contribution in [-0.4, -0.2) is 0 Å². The smallest absolute Gasteiger partial charge is 0.123 e. The molecule has 0 fully saturated rings. The lowest BCUT2D eigenvalue weighted by Crippen LogP contribution is -2.11. The van der Waals surface area contributed by atoms with E-state index in [1.165, 1.54) is 27.1 Å². The van der Waals surface area contributed by atoms with Crippen molar-refractivity contribution >= 4 is 21.4 Å². The Labute approximate surface area is 115 Å². The summed E-state index contributed by atoms with van der Waals surface area (Å²) in [4.78, 5) is 1.17. The molecule has 19 heavy (non-hydrogen) atoms. The Morgan fingerprint density at radius 3 is 2.53 bits per heavy atom. The third kappa shape index (κ3) is 2.67. The number of halogens is 1. The van der Waals surface area contributed by atoms with E-state index in [1.54, 1.807) is 23.5 Å². The van der Waals surface area contributed by atoms with Crippen molar-refractivity contribution < 1.29 is 4.39 Å². The minimum Gasteiger partial charge on any atom is -0.323 e. The van der Waals surface area contributed by atoms with Crippen LogP contribution < -0.4 is 5.73 Å². The number of thiophene rings is 1. The third-order valence-electron chi connectivity index (χ3n) is 3.18. The predicted molar refractivity (Wildman–Crippen MR) is 78.9 cm³/mol. The van der Waals surface area contributed by atoms with Crippen molar-refractivity contribution in [3.63, 3.8) is 0 Å². The van der Waals surface area contributed by atoms with Crippen LogP contribution >= 0.6 is 11.3 Å². The molecule has 0 saturated carbocycles. The molecular weight excluding hydrogens is 257 g/mol. The number of rotatable bonds is 3. The van der Waals surface area contributed by atoms with Gasteiger partial charge in [0.2, 0.25) is 0 Å². The van der Waals surface area contributed by atoms with Gasteiger partial charge in [-0.25, -0.2) is 4.39 Å².